The summed E-state index contributed by atoms with van der Waals surface area (Å²) in [5.74, 6) is 0.600. The molecule has 120 valence electrons. The van der Waals surface area contributed by atoms with Crippen LogP contribution in [-0.2, 0) is 6.42 Å². The lowest BCUT2D eigenvalue weighted by Gasteiger charge is -2.11. The van der Waals surface area contributed by atoms with E-state index in [1.54, 1.807) is 18.3 Å². The van der Waals surface area contributed by atoms with Gasteiger partial charge in [0.25, 0.3) is 5.91 Å². The van der Waals surface area contributed by atoms with Gasteiger partial charge in [0.05, 0.1) is 11.9 Å². The smallest absolute Gasteiger partial charge is 0.255 e. The molecule has 0 aliphatic heterocycles. The lowest BCUT2D eigenvalue weighted by Crippen LogP contribution is -2.11. The highest BCUT2D eigenvalue weighted by Crippen LogP contribution is 2.21. The summed E-state index contributed by atoms with van der Waals surface area (Å²) in [5.41, 5.74) is 3.57. The molecule has 0 saturated carbocycles. The molecule has 1 amide bonds. The second-order valence-corrected chi connectivity index (χ2v) is 5.39. The number of para-hydroxylation sites is 1. The van der Waals surface area contributed by atoms with Gasteiger partial charge >= 0.3 is 0 Å². The number of carbonyl (C=O) groups is 1. The molecule has 0 unspecified atom stereocenters. The van der Waals surface area contributed by atoms with Crippen molar-refractivity contribution in [1.82, 2.24) is 4.98 Å². The molecule has 3 aromatic rings. The fourth-order valence-corrected chi connectivity index (χ4v) is 2.42. The Morgan fingerprint density at radius 3 is 2.42 bits per heavy atom. The van der Waals surface area contributed by atoms with Crippen molar-refractivity contribution in [2.45, 2.75) is 13.3 Å². The first-order valence-corrected chi connectivity index (χ1v) is 7.93. The summed E-state index contributed by atoms with van der Waals surface area (Å²) < 4.78 is 0. The number of amides is 1. The monoisotopic (exact) mass is 317 g/mol. The van der Waals surface area contributed by atoms with Crippen molar-refractivity contribution in [3.8, 4) is 0 Å². The molecule has 1 heterocycles. The normalized spacial score (nSPS) is 10.2. The van der Waals surface area contributed by atoms with Crippen molar-refractivity contribution in [3.05, 3.63) is 84.1 Å². The summed E-state index contributed by atoms with van der Waals surface area (Å²) in [5, 5.41) is 6.15. The average Bonchev–Trinajstić information content (AvgIpc) is 2.64. The van der Waals surface area contributed by atoms with Crippen molar-refractivity contribution in [2.24, 2.45) is 0 Å². The Labute approximate surface area is 141 Å². The van der Waals surface area contributed by atoms with Crippen LogP contribution in [0.25, 0.3) is 0 Å². The van der Waals surface area contributed by atoms with Gasteiger partial charge in [-0.3, -0.25) is 4.79 Å². The molecule has 0 saturated heterocycles. The van der Waals surface area contributed by atoms with Gasteiger partial charge in [0, 0.05) is 11.3 Å². The number of nitrogens with one attached hydrogen (secondary N) is 2. The van der Waals surface area contributed by atoms with Gasteiger partial charge in [-0.25, -0.2) is 4.98 Å². The lowest BCUT2D eigenvalue weighted by atomic mass is 10.1. The van der Waals surface area contributed by atoms with Gasteiger partial charge in [0.2, 0.25) is 0 Å². The largest absolute Gasteiger partial charge is 0.340 e. The van der Waals surface area contributed by atoms with Crippen LogP contribution in [0.1, 0.15) is 22.8 Å². The van der Waals surface area contributed by atoms with Crippen LogP contribution >= 0.6 is 0 Å². The van der Waals surface area contributed by atoms with Crippen LogP contribution in [0.2, 0.25) is 0 Å². The predicted octanol–water partition coefficient (Wildman–Crippen LogP) is 4.64. The number of anilines is 3. The molecule has 4 heteroatoms. The zero-order chi connectivity index (χ0) is 16.8. The minimum Gasteiger partial charge on any atom is -0.340 e. The first-order chi connectivity index (χ1) is 11.8. The van der Waals surface area contributed by atoms with E-state index in [0.29, 0.717) is 11.3 Å². The third-order valence-electron chi connectivity index (χ3n) is 3.72. The third kappa shape index (κ3) is 3.79. The van der Waals surface area contributed by atoms with Gasteiger partial charge in [0.1, 0.15) is 5.82 Å². The fraction of sp³-hybridized carbons (Fsp3) is 0.100. The Bertz CT molecular complexity index is 814. The molecule has 3 rings (SSSR count). The molecule has 0 fully saturated rings. The van der Waals surface area contributed by atoms with Crippen molar-refractivity contribution >= 4 is 23.1 Å². The van der Waals surface area contributed by atoms with E-state index in [-0.39, 0.29) is 5.91 Å². The van der Waals surface area contributed by atoms with Crippen molar-refractivity contribution < 1.29 is 4.79 Å². The summed E-state index contributed by atoms with van der Waals surface area (Å²) in [4.78, 5) is 16.5. The maximum Gasteiger partial charge on any atom is 0.255 e. The molecule has 0 atom stereocenters. The Balaban J connectivity index is 1.68. The first kappa shape index (κ1) is 15.7. The minimum absolute atomic E-state index is 0.144. The molecule has 0 spiro atoms. The van der Waals surface area contributed by atoms with Crippen molar-refractivity contribution in [1.29, 1.82) is 0 Å². The van der Waals surface area contributed by atoms with E-state index >= 15 is 0 Å². The molecule has 4 nitrogen and oxygen atoms in total. The van der Waals surface area contributed by atoms with E-state index < -0.39 is 0 Å². The molecule has 0 aliphatic carbocycles. The highest BCUT2D eigenvalue weighted by Gasteiger charge is 2.06. The van der Waals surface area contributed by atoms with E-state index in [4.69, 9.17) is 0 Å². The zero-order valence-corrected chi connectivity index (χ0v) is 13.5. The van der Waals surface area contributed by atoms with Crippen LogP contribution < -0.4 is 10.6 Å². The third-order valence-corrected chi connectivity index (χ3v) is 3.72. The molecule has 1 aromatic heterocycles. The fourth-order valence-electron chi connectivity index (χ4n) is 2.42. The average molecular weight is 317 g/mol. The van der Waals surface area contributed by atoms with Gasteiger partial charge in [-0.05, 0) is 42.3 Å². The Kier molecular flexibility index (Phi) is 4.87. The number of aromatic nitrogens is 1. The number of carbonyl (C=O) groups excluding carboxylic acids is 1. The second kappa shape index (κ2) is 7.42. The molecular weight excluding hydrogens is 298 g/mol. The van der Waals surface area contributed by atoms with Gasteiger partial charge in [-0.2, -0.15) is 0 Å². The molecule has 0 bridgehead atoms. The second-order valence-electron chi connectivity index (χ2n) is 5.39. The quantitative estimate of drug-likeness (QED) is 0.721. The van der Waals surface area contributed by atoms with Crippen LogP contribution in [0.15, 0.2) is 72.9 Å². The topological polar surface area (TPSA) is 54.0 Å². The van der Waals surface area contributed by atoms with Crippen LogP contribution in [0.4, 0.5) is 17.2 Å². The maximum absolute atomic E-state index is 12.1. The molecule has 2 N–H and O–H groups in total. The van der Waals surface area contributed by atoms with Crippen molar-refractivity contribution in [3.63, 3.8) is 0 Å². The Morgan fingerprint density at radius 1 is 0.958 bits per heavy atom. The summed E-state index contributed by atoms with van der Waals surface area (Å²) in [6.07, 6.45) is 2.60. The number of rotatable bonds is 5. The van der Waals surface area contributed by atoms with Gasteiger partial charge in [0.15, 0.2) is 0 Å². The summed E-state index contributed by atoms with van der Waals surface area (Å²) >= 11 is 0. The maximum atomic E-state index is 12.1. The number of benzene rings is 2. The van der Waals surface area contributed by atoms with Crippen LogP contribution in [-0.4, -0.2) is 10.9 Å². The van der Waals surface area contributed by atoms with Gasteiger partial charge in [-0.15, -0.1) is 0 Å². The minimum atomic E-state index is -0.144. The zero-order valence-electron chi connectivity index (χ0n) is 13.5. The molecule has 24 heavy (non-hydrogen) atoms. The van der Waals surface area contributed by atoms with Gasteiger partial charge < -0.3 is 10.6 Å². The van der Waals surface area contributed by atoms with E-state index in [1.807, 2.05) is 48.5 Å². The highest BCUT2D eigenvalue weighted by molar-refractivity contribution is 6.04. The highest BCUT2D eigenvalue weighted by atomic mass is 16.1. The number of pyridine rings is 1. The Morgan fingerprint density at radius 2 is 1.71 bits per heavy atom. The SMILES string of the molecule is CCc1ccccc1Nc1ccc(NC(=O)c2ccccc2)cn1. The van der Waals surface area contributed by atoms with E-state index in [1.165, 1.54) is 5.56 Å². The first-order valence-electron chi connectivity index (χ1n) is 7.93. The number of nitrogens with zero attached hydrogens (tertiary/aromatic N) is 1. The standard InChI is InChI=1S/C20H19N3O/c1-2-15-8-6-7-11-18(15)23-19-13-12-17(14-21-19)22-20(24)16-9-4-3-5-10-16/h3-14H,2H2,1H3,(H,21,23)(H,22,24). The lowest BCUT2D eigenvalue weighted by molar-refractivity contribution is 0.102. The summed E-state index contributed by atoms with van der Waals surface area (Å²) in [6.45, 7) is 2.12. The van der Waals surface area contributed by atoms with Gasteiger partial charge in [-0.1, -0.05) is 43.3 Å². The molecule has 2 aromatic carbocycles. The van der Waals surface area contributed by atoms with Crippen LogP contribution in [0.3, 0.4) is 0 Å². The van der Waals surface area contributed by atoms with E-state index in [2.05, 4.69) is 28.6 Å². The number of aryl methyl sites for hydroxylation is 1. The predicted molar refractivity (Wildman–Crippen MR) is 97.7 cm³/mol. The van der Waals surface area contributed by atoms with E-state index in [0.717, 1.165) is 17.9 Å². The number of hydrogen-bond acceptors (Lipinski definition) is 3. The van der Waals surface area contributed by atoms with E-state index in [9.17, 15) is 4.79 Å². The van der Waals surface area contributed by atoms with Crippen LogP contribution in [0.5, 0.6) is 0 Å². The summed E-state index contributed by atoms with van der Waals surface area (Å²) in [6, 6.07) is 21.0. The van der Waals surface area contributed by atoms with Crippen LogP contribution in [0, 0.1) is 0 Å². The molecule has 0 radical (unpaired) electrons. The number of hydrogen-bond donors (Lipinski definition) is 2. The Hall–Kier alpha value is -3.14. The summed E-state index contributed by atoms with van der Waals surface area (Å²) in [7, 11) is 0. The molecular formula is C20H19N3O. The van der Waals surface area contributed by atoms with Crippen molar-refractivity contribution in [2.75, 3.05) is 10.6 Å². The molecule has 0 aliphatic rings.